The molecule has 0 bridgehead atoms. The van der Waals surface area contributed by atoms with E-state index in [0.29, 0.717) is 6.07 Å². The lowest BCUT2D eigenvalue weighted by molar-refractivity contribution is -0.137. The highest BCUT2D eigenvalue weighted by atomic mass is 35.5. The van der Waals surface area contributed by atoms with Gasteiger partial charge >= 0.3 is 6.18 Å². The summed E-state index contributed by atoms with van der Waals surface area (Å²) in [5.41, 5.74) is -1.65. The SMILES string of the molecule is O=C(CN(c1ccccc1)S(=O)(=O)c1ccc(F)cc1)Nc1ccc(Cl)cc1C(F)(F)F. The number of anilines is 2. The van der Waals surface area contributed by atoms with Crippen LogP contribution in [0.25, 0.3) is 0 Å². The number of carbonyl (C=O) groups is 1. The van der Waals surface area contributed by atoms with Gasteiger partial charge in [-0.25, -0.2) is 12.8 Å². The van der Waals surface area contributed by atoms with E-state index in [1.807, 2.05) is 0 Å². The fourth-order valence-electron chi connectivity index (χ4n) is 2.82. The molecule has 1 N–H and O–H groups in total. The summed E-state index contributed by atoms with van der Waals surface area (Å²) in [7, 11) is -4.34. The third-order valence-electron chi connectivity index (χ3n) is 4.29. The molecule has 3 rings (SSSR count). The van der Waals surface area contributed by atoms with Gasteiger partial charge in [-0.05, 0) is 54.6 Å². The van der Waals surface area contributed by atoms with Gasteiger partial charge in [0.15, 0.2) is 0 Å². The molecule has 0 fully saturated rings. The minimum absolute atomic E-state index is 0.0964. The number of alkyl halides is 3. The highest BCUT2D eigenvalue weighted by Gasteiger charge is 2.35. The summed E-state index contributed by atoms with van der Waals surface area (Å²) in [5.74, 6) is -1.68. The lowest BCUT2D eigenvalue weighted by Crippen LogP contribution is -2.38. The number of benzene rings is 3. The molecule has 11 heteroatoms. The second kappa shape index (κ2) is 9.17. The number of carbonyl (C=O) groups excluding carboxylic acids is 1. The van der Waals surface area contributed by atoms with E-state index in [1.165, 1.54) is 24.3 Å². The van der Waals surface area contributed by atoms with Crippen LogP contribution >= 0.6 is 11.6 Å². The second-order valence-corrected chi connectivity index (χ2v) is 8.84. The van der Waals surface area contributed by atoms with Gasteiger partial charge in [0.2, 0.25) is 5.91 Å². The van der Waals surface area contributed by atoms with Gasteiger partial charge in [-0.3, -0.25) is 9.10 Å². The Labute approximate surface area is 186 Å². The quantitative estimate of drug-likeness (QED) is 0.479. The van der Waals surface area contributed by atoms with Crippen molar-refractivity contribution in [1.29, 1.82) is 0 Å². The summed E-state index contributed by atoms with van der Waals surface area (Å²) in [5, 5.41) is 1.91. The number of nitrogens with zero attached hydrogens (tertiary/aromatic N) is 1. The summed E-state index contributed by atoms with van der Waals surface area (Å²) in [6.45, 7) is -0.830. The van der Waals surface area contributed by atoms with Gasteiger partial charge in [0.25, 0.3) is 10.0 Å². The molecule has 0 aliphatic heterocycles. The number of halogens is 5. The van der Waals surface area contributed by atoms with Gasteiger partial charge in [0.1, 0.15) is 12.4 Å². The van der Waals surface area contributed by atoms with Gasteiger partial charge in [-0.15, -0.1) is 0 Å². The van der Waals surface area contributed by atoms with Crippen LogP contribution in [0.15, 0.2) is 77.7 Å². The van der Waals surface area contributed by atoms with Crippen LogP contribution in [0.4, 0.5) is 28.9 Å². The average molecular weight is 487 g/mol. The third-order valence-corrected chi connectivity index (χ3v) is 6.32. The predicted octanol–water partition coefficient (Wildman–Crippen LogP) is 5.33. The molecule has 0 unspecified atom stereocenters. The van der Waals surface area contributed by atoms with Crippen LogP contribution < -0.4 is 9.62 Å². The maximum absolute atomic E-state index is 13.3. The van der Waals surface area contributed by atoms with Crippen molar-refractivity contribution in [1.82, 2.24) is 0 Å². The van der Waals surface area contributed by atoms with Crippen molar-refractivity contribution in [3.8, 4) is 0 Å². The maximum atomic E-state index is 13.3. The van der Waals surface area contributed by atoms with Gasteiger partial charge < -0.3 is 5.32 Å². The van der Waals surface area contributed by atoms with E-state index in [2.05, 4.69) is 5.32 Å². The van der Waals surface area contributed by atoms with E-state index in [0.717, 1.165) is 40.7 Å². The maximum Gasteiger partial charge on any atom is 0.418 e. The molecule has 0 radical (unpaired) electrons. The fourth-order valence-corrected chi connectivity index (χ4v) is 4.42. The first-order valence-corrected chi connectivity index (χ1v) is 10.8. The average Bonchev–Trinajstić information content (AvgIpc) is 2.73. The van der Waals surface area contributed by atoms with Crippen molar-refractivity contribution in [2.45, 2.75) is 11.1 Å². The molecule has 0 aliphatic rings. The standard InChI is InChI=1S/C21H15ClF4N2O3S/c22-14-6-11-19(18(12-14)21(24,25)26)27-20(29)13-28(16-4-2-1-3-5-16)32(30,31)17-9-7-15(23)8-10-17/h1-12H,13H2,(H,27,29). The Morgan fingerprint density at radius 3 is 2.19 bits per heavy atom. The zero-order valence-corrected chi connectivity index (χ0v) is 17.7. The first-order valence-electron chi connectivity index (χ1n) is 8.98. The van der Waals surface area contributed by atoms with E-state index in [1.54, 1.807) is 6.07 Å². The Morgan fingerprint density at radius 1 is 0.969 bits per heavy atom. The van der Waals surface area contributed by atoms with E-state index in [4.69, 9.17) is 11.6 Å². The molecule has 0 saturated carbocycles. The van der Waals surface area contributed by atoms with Crippen molar-refractivity contribution >= 4 is 38.9 Å². The molecular weight excluding hydrogens is 472 g/mol. The van der Waals surface area contributed by atoms with Crippen LogP contribution in [0.2, 0.25) is 5.02 Å². The van der Waals surface area contributed by atoms with Crippen molar-refractivity contribution in [3.05, 3.63) is 89.2 Å². The number of sulfonamides is 1. The Hall–Kier alpha value is -3.11. The van der Waals surface area contributed by atoms with Crippen molar-refractivity contribution in [2.24, 2.45) is 0 Å². The summed E-state index contributed by atoms with van der Waals surface area (Å²) < 4.78 is 80.1. The number of rotatable bonds is 6. The molecule has 1 amide bonds. The van der Waals surface area contributed by atoms with E-state index in [9.17, 15) is 30.8 Å². The minimum atomic E-state index is -4.80. The summed E-state index contributed by atoms with van der Waals surface area (Å²) in [6.07, 6.45) is -4.80. The zero-order valence-electron chi connectivity index (χ0n) is 16.1. The first-order chi connectivity index (χ1) is 15.0. The van der Waals surface area contributed by atoms with Crippen molar-refractivity contribution in [3.63, 3.8) is 0 Å². The van der Waals surface area contributed by atoms with E-state index < -0.39 is 45.7 Å². The molecule has 0 heterocycles. The van der Waals surface area contributed by atoms with Gasteiger partial charge in [0, 0.05) is 5.02 Å². The Morgan fingerprint density at radius 2 is 1.59 bits per heavy atom. The number of hydrogen-bond donors (Lipinski definition) is 1. The number of amides is 1. The number of nitrogens with one attached hydrogen (secondary N) is 1. The molecule has 5 nitrogen and oxygen atoms in total. The molecule has 0 spiro atoms. The van der Waals surface area contributed by atoms with Gasteiger partial charge in [0.05, 0.1) is 21.8 Å². The topological polar surface area (TPSA) is 66.5 Å². The van der Waals surface area contributed by atoms with E-state index in [-0.39, 0.29) is 15.6 Å². The van der Waals surface area contributed by atoms with Gasteiger partial charge in [-0.1, -0.05) is 29.8 Å². The molecule has 168 valence electrons. The molecule has 0 atom stereocenters. The highest BCUT2D eigenvalue weighted by Crippen LogP contribution is 2.36. The Balaban J connectivity index is 1.95. The second-order valence-electron chi connectivity index (χ2n) is 6.54. The number of para-hydroxylation sites is 1. The summed E-state index contributed by atoms with van der Waals surface area (Å²) in [6, 6.07) is 14.2. The molecular formula is C21H15ClF4N2O3S. The fraction of sp³-hybridized carbons (Fsp3) is 0.0952. The van der Waals surface area contributed by atoms with Crippen LogP contribution in [0.3, 0.4) is 0 Å². The monoisotopic (exact) mass is 486 g/mol. The molecule has 3 aromatic carbocycles. The smallest absolute Gasteiger partial charge is 0.324 e. The Bertz CT molecular complexity index is 1220. The number of hydrogen-bond acceptors (Lipinski definition) is 3. The van der Waals surface area contributed by atoms with Crippen molar-refractivity contribution in [2.75, 3.05) is 16.2 Å². The van der Waals surface area contributed by atoms with Crippen LogP contribution in [-0.4, -0.2) is 20.9 Å². The molecule has 3 aromatic rings. The lowest BCUT2D eigenvalue weighted by Gasteiger charge is -2.24. The molecule has 32 heavy (non-hydrogen) atoms. The predicted molar refractivity (Wildman–Crippen MR) is 112 cm³/mol. The zero-order chi connectivity index (χ0) is 23.5. The molecule has 0 aliphatic carbocycles. The largest absolute Gasteiger partial charge is 0.418 e. The van der Waals surface area contributed by atoms with Crippen LogP contribution in [0.1, 0.15) is 5.56 Å². The van der Waals surface area contributed by atoms with Crippen molar-refractivity contribution < 1.29 is 30.8 Å². The van der Waals surface area contributed by atoms with Crippen LogP contribution in [0.5, 0.6) is 0 Å². The molecule has 0 aromatic heterocycles. The van der Waals surface area contributed by atoms with E-state index >= 15 is 0 Å². The summed E-state index contributed by atoms with van der Waals surface area (Å²) >= 11 is 5.64. The van der Waals surface area contributed by atoms with Crippen LogP contribution in [-0.2, 0) is 21.0 Å². The van der Waals surface area contributed by atoms with Crippen LogP contribution in [0, 0.1) is 5.82 Å². The van der Waals surface area contributed by atoms with Gasteiger partial charge in [-0.2, -0.15) is 13.2 Å². The Kier molecular flexibility index (Phi) is 6.75. The first kappa shape index (κ1) is 23.6. The normalized spacial score (nSPS) is 11.8. The highest BCUT2D eigenvalue weighted by molar-refractivity contribution is 7.92. The molecule has 0 saturated heterocycles. The minimum Gasteiger partial charge on any atom is -0.324 e. The summed E-state index contributed by atoms with van der Waals surface area (Å²) in [4.78, 5) is 12.3. The third kappa shape index (κ3) is 5.38. The lowest BCUT2D eigenvalue weighted by atomic mass is 10.1.